The lowest BCUT2D eigenvalue weighted by Crippen LogP contribution is -2.50. The summed E-state index contributed by atoms with van der Waals surface area (Å²) in [5, 5.41) is 0.0990. The van der Waals surface area contributed by atoms with Crippen LogP contribution < -0.4 is 0 Å². The monoisotopic (exact) mass is 363 g/mol. The second-order valence-corrected chi connectivity index (χ2v) is 12.8. The molecule has 0 spiro atoms. The number of imide groups is 1. The van der Waals surface area contributed by atoms with Gasteiger partial charge in [0.15, 0.2) is 8.32 Å². The molecule has 138 valence electrons. The number of piperidine rings is 1. The van der Waals surface area contributed by atoms with Gasteiger partial charge in [0.05, 0.1) is 12.5 Å². The molecule has 0 N–H and O–H groups in total. The van der Waals surface area contributed by atoms with E-state index in [1.807, 2.05) is 30.3 Å². The molecule has 1 fully saturated rings. The van der Waals surface area contributed by atoms with Crippen molar-refractivity contribution in [1.29, 1.82) is 0 Å². The lowest BCUT2D eigenvalue weighted by atomic mass is 10.1. The molecule has 2 rings (SSSR count). The molecule has 25 heavy (non-hydrogen) atoms. The van der Waals surface area contributed by atoms with Crippen LogP contribution in [-0.2, 0) is 20.6 Å². The third kappa shape index (κ3) is 5.15. The van der Waals surface area contributed by atoms with Crippen LogP contribution in [-0.4, -0.2) is 37.9 Å². The van der Waals surface area contributed by atoms with Crippen molar-refractivity contribution in [2.75, 3.05) is 6.54 Å². The molecule has 5 nitrogen and oxygen atoms in total. The first-order valence-electron chi connectivity index (χ1n) is 8.79. The van der Waals surface area contributed by atoms with E-state index in [2.05, 4.69) is 33.9 Å². The Morgan fingerprint density at radius 2 is 1.88 bits per heavy atom. The van der Waals surface area contributed by atoms with Gasteiger partial charge in [0.25, 0.3) is 0 Å². The average Bonchev–Trinajstić information content (AvgIpc) is 2.52. The molecule has 0 aliphatic carbocycles. The molecule has 1 aromatic carbocycles. The highest BCUT2D eigenvalue weighted by atomic mass is 28.4. The van der Waals surface area contributed by atoms with Crippen molar-refractivity contribution in [3.8, 4) is 0 Å². The van der Waals surface area contributed by atoms with Gasteiger partial charge in [-0.1, -0.05) is 51.1 Å². The van der Waals surface area contributed by atoms with E-state index in [0.717, 1.165) is 5.56 Å². The van der Waals surface area contributed by atoms with Crippen LogP contribution in [0.4, 0.5) is 4.79 Å². The third-order valence-electron chi connectivity index (χ3n) is 5.07. The van der Waals surface area contributed by atoms with Gasteiger partial charge in [-0.2, -0.15) is 0 Å². The predicted octanol–water partition coefficient (Wildman–Crippen LogP) is 4.34. The zero-order valence-corrected chi connectivity index (χ0v) is 16.9. The van der Waals surface area contributed by atoms with Crippen LogP contribution in [0, 0.1) is 0 Å². The molecule has 6 heteroatoms. The summed E-state index contributed by atoms with van der Waals surface area (Å²) in [6.07, 6.45) is 0.234. The van der Waals surface area contributed by atoms with Crippen molar-refractivity contribution < 1.29 is 18.8 Å². The van der Waals surface area contributed by atoms with Gasteiger partial charge in [-0.25, -0.2) is 9.69 Å². The molecule has 2 amide bonds. The number of nitrogens with zero attached hydrogens (tertiary/aromatic N) is 1. The van der Waals surface area contributed by atoms with Gasteiger partial charge in [-0.05, 0) is 30.1 Å². The molecule has 1 atom stereocenters. The summed E-state index contributed by atoms with van der Waals surface area (Å²) in [4.78, 5) is 25.7. The fourth-order valence-corrected chi connectivity index (χ4v) is 3.88. The van der Waals surface area contributed by atoms with Crippen LogP contribution >= 0.6 is 0 Å². The Morgan fingerprint density at radius 1 is 1.24 bits per heavy atom. The molecular formula is C19H29NO4Si. The number of rotatable bonds is 4. The lowest BCUT2D eigenvalue weighted by molar-refractivity contribution is -0.134. The number of amides is 2. The number of likely N-dealkylation sites (tertiary alicyclic amines) is 1. The second kappa shape index (κ2) is 7.70. The first-order valence-corrected chi connectivity index (χ1v) is 11.7. The molecule has 1 aliphatic heterocycles. The van der Waals surface area contributed by atoms with Crippen molar-refractivity contribution in [2.45, 2.75) is 64.5 Å². The van der Waals surface area contributed by atoms with Crippen LogP contribution in [0.15, 0.2) is 30.3 Å². The van der Waals surface area contributed by atoms with Gasteiger partial charge >= 0.3 is 6.09 Å². The smallest absolute Gasteiger partial charge is 0.416 e. The number of hydrogen-bond acceptors (Lipinski definition) is 4. The quantitative estimate of drug-likeness (QED) is 0.747. The highest BCUT2D eigenvalue weighted by molar-refractivity contribution is 6.74. The van der Waals surface area contributed by atoms with E-state index in [1.165, 1.54) is 4.90 Å². The van der Waals surface area contributed by atoms with Crippen LogP contribution in [0.25, 0.3) is 0 Å². The first-order chi connectivity index (χ1) is 11.6. The normalized spacial score (nSPS) is 19.0. The van der Waals surface area contributed by atoms with Crippen molar-refractivity contribution in [1.82, 2.24) is 4.90 Å². The highest BCUT2D eigenvalue weighted by Crippen LogP contribution is 2.38. The standard InChI is InChI=1S/C19H29NO4Si/c1-19(2,3)25(4,5)24-16-11-12-20(17(21)13-16)18(22)23-14-15-9-7-6-8-10-15/h6-10,16H,11-14H2,1-5H3. The van der Waals surface area contributed by atoms with Crippen molar-refractivity contribution in [3.63, 3.8) is 0 Å². The van der Waals surface area contributed by atoms with E-state index >= 15 is 0 Å². The number of benzene rings is 1. The Hall–Kier alpha value is -1.66. The maximum absolute atomic E-state index is 12.4. The second-order valence-electron chi connectivity index (χ2n) is 8.08. The molecule has 1 aromatic rings. The van der Waals surface area contributed by atoms with Crippen LogP contribution in [0.1, 0.15) is 39.2 Å². The Kier molecular flexibility index (Phi) is 6.06. The number of carbonyl (C=O) groups excluding carboxylic acids is 2. The van der Waals surface area contributed by atoms with Gasteiger partial charge in [-0.3, -0.25) is 4.79 Å². The molecule has 0 aromatic heterocycles. The highest BCUT2D eigenvalue weighted by Gasteiger charge is 2.41. The molecule has 1 aliphatic rings. The van der Waals surface area contributed by atoms with Gasteiger partial charge in [0.2, 0.25) is 5.91 Å². The van der Waals surface area contributed by atoms with Gasteiger partial charge < -0.3 is 9.16 Å². The number of carbonyl (C=O) groups is 2. The summed E-state index contributed by atoms with van der Waals surface area (Å²) in [5.41, 5.74) is 0.902. The first kappa shape index (κ1) is 19.7. The van der Waals surface area contributed by atoms with Crippen LogP contribution in [0.2, 0.25) is 18.1 Å². The zero-order chi connectivity index (χ0) is 18.7. The van der Waals surface area contributed by atoms with E-state index in [0.29, 0.717) is 13.0 Å². The van der Waals surface area contributed by atoms with Gasteiger partial charge in [0, 0.05) is 6.54 Å². The minimum Gasteiger partial charge on any atom is -0.444 e. The predicted molar refractivity (Wildman–Crippen MR) is 99.6 cm³/mol. The molecule has 1 heterocycles. The molecule has 0 bridgehead atoms. The molecule has 1 saturated heterocycles. The zero-order valence-electron chi connectivity index (χ0n) is 15.9. The fourth-order valence-electron chi connectivity index (χ4n) is 2.49. The van der Waals surface area contributed by atoms with E-state index in [4.69, 9.17) is 9.16 Å². The Bertz CT molecular complexity index is 610. The summed E-state index contributed by atoms with van der Waals surface area (Å²) in [6.45, 7) is 11.4. The molecular weight excluding hydrogens is 334 g/mol. The minimum absolute atomic E-state index is 0.0990. The number of hydrogen-bond donors (Lipinski definition) is 0. The summed E-state index contributed by atoms with van der Waals surface area (Å²) >= 11 is 0. The summed E-state index contributed by atoms with van der Waals surface area (Å²) in [5.74, 6) is -0.215. The van der Waals surface area contributed by atoms with Crippen molar-refractivity contribution in [2.24, 2.45) is 0 Å². The largest absolute Gasteiger partial charge is 0.444 e. The lowest BCUT2D eigenvalue weighted by Gasteiger charge is -2.41. The summed E-state index contributed by atoms with van der Waals surface area (Å²) in [6, 6.07) is 9.45. The fraction of sp³-hybridized carbons (Fsp3) is 0.579. The van der Waals surface area contributed by atoms with Crippen molar-refractivity contribution in [3.05, 3.63) is 35.9 Å². The van der Waals surface area contributed by atoms with Gasteiger partial charge in [0.1, 0.15) is 6.61 Å². The molecule has 0 saturated carbocycles. The Balaban J connectivity index is 1.87. The molecule has 1 unspecified atom stereocenters. The third-order valence-corrected chi connectivity index (χ3v) is 9.61. The van der Waals surface area contributed by atoms with E-state index in [-0.39, 0.29) is 30.1 Å². The molecule has 0 radical (unpaired) electrons. The van der Waals surface area contributed by atoms with E-state index in [1.54, 1.807) is 0 Å². The minimum atomic E-state index is -1.92. The van der Waals surface area contributed by atoms with Gasteiger partial charge in [-0.15, -0.1) is 0 Å². The van der Waals surface area contributed by atoms with Crippen LogP contribution in [0.5, 0.6) is 0 Å². The van der Waals surface area contributed by atoms with Crippen LogP contribution in [0.3, 0.4) is 0 Å². The average molecular weight is 364 g/mol. The van der Waals surface area contributed by atoms with Crippen molar-refractivity contribution >= 4 is 20.3 Å². The number of ether oxygens (including phenoxy) is 1. The SMILES string of the molecule is CC(C)(C)[Si](C)(C)OC1CCN(C(=O)OCc2ccccc2)C(=O)C1. The van der Waals surface area contributed by atoms with E-state index < -0.39 is 14.4 Å². The summed E-state index contributed by atoms with van der Waals surface area (Å²) < 4.78 is 11.6. The summed E-state index contributed by atoms with van der Waals surface area (Å²) in [7, 11) is -1.92. The maximum atomic E-state index is 12.4. The topological polar surface area (TPSA) is 55.8 Å². The Labute approximate surface area is 151 Å². The maximum Gasteiger partial charge on any atom is 0.416 e. The Morgan fingerprint density at radius 3 is 2.44 bits per heavy atom. The van der Waals surface area contributed by atoms with E-state index in [9.17, 15) is 9.59 Å².